The molecule has 1 fully saturated rings. The van der Waals surface area contributed by atoms with E-state index in [0.29, 0.717) is 15.3 Å². The van der Waals surface area contributed by atoms with Crippen molar-refractivity contribution in [1.29, 1.82) is 0 Å². The lowest BCUT2D eigenvalue weighted by Crippen LogP contribution is -2.28. The molecule has 5 rings (SSSR count). The van der Waals surface area contributed by atoms with Crippen LogP contribution in [0.1, 0.15) is 30.5 Å². The number of hydrogen-bond donors (Lipinski definition) is 0. The molecule has 0 amide bonds. The lowest BCUT2D eigenvalue weighted by atomic mass is 10.0. The molecule has 2 aromatic heterocycles. The fraction of sp³-hybridized carbons (Fsp3) is 0.238. The monoisotopic (exact) mass is 429 g/mol. The third kappa shape index (κ3) is 3.11. The summed E-state index contributed by atoms with van der Waals surface area (Å²) in [5, 5.41) is 2.75. The van der Waals surface area contributed by atoms with Gasteiger partial charge in [-0.25, -0.2) is 4.99 Å². The lowest BCUT2D eigenvalue weighted by molar-refractivity contribution is 0.277. The van der Waals surface area contributed by atoms with Crippen LogP contribution < -0.4 is 0 Å². The number of hydrogen-bond acceptors (Lipinski definition) is 5. The van der Waals surface area contributed by atoms with Crippen LogP contribution >= 0.6 is 35.0 Å². The van der Waals surface area contributed by atoms with E-state index in [-0.39, 0.29) is 12.1 Å². The van der Waals surface area contributed by atoms with E-state index in [1.807, 2.05) is 60.4 Å². The van der Waals surface area contributed by atoms with E-state index in [1.54, 1.807) is 6.07 Å². The van der Waals surface area contributed by atoms with Gasteiger partial charge in [-0.15, -0.1) is 0 Å². The van der Waals surface area contributed by atoms with Gasteiger partial charge in [0, 0.05) is 28.6 Å². The maximum Gasteiger partial charge on any atom is 0.161 e. The van der Waals surface area contributed by atoms with Crippen LogP contribution in [0.3, 0.4) is 0 Å². The second kappa shape index (κ2) is 7.14. The van der Waals surface area contributed by atoms with Crippen LogP contribution in [0.2, 0.25) is 10.0 Å². The lowest BCUT2D eigenvalue weighted by Gasteiger charge is -2.25. The SMILES string of the molecule is C[C@@H]1CN2C(=N[C@@H](c3ccccn3)[C@@H]2c2ccc(-c3ccc(Cl)cc3Cl)o2)S1. The van der Waals surface area contributed by atoms with Crippen LogP contribution in [-0.2, 0) is 0 Å². The summed E-state index contributed by atoms with van der Waals surface area (Å²) in [6.45, 7) is 3.16. The molecule has 0 spiro atoms. The van der Waals surface area contributed by atoms with Crippen molar-refractivity contribution in [3.63, 3.8) is 0 Å². The Bertz CT molecular complexity index is 1050. The standard InChI is InChI=1S/C21H17Cl2N3OS/c1-12-11-26-20(19(25-21(26)28-12)16-4-2-3-9-24-16)18-8-7-17(27-18)14-6-5-13(22)10-15(14)23/h2-10,12,19-20H,11H2,1H3/t12-,19+,20+/m1/s1. The number of halogens is 2. The molecule has 0 unspecified atom stereocenters. The molecule has 4 nitrogen and oxygen atoms in total. The molecule has 0 N–H and O–H groups in total. The first-order valence-corrected chi connectivity index (χ1v) is 10.7. The molecule has 3 aromatic rings. The molecule has 142 valence electrons. The van der Waals surface area contributed by atoms with Gasteiger partial charge in [0.15, 0.2) is 5.17 Å². The summed E-state index contributed by atoms with van der Waals surface area (Å²) < 4.78 is 6.29. The van der Waals surface area contributed by atoms with Crippen molar-refractivity contribution in [3.05, 3.63) is 76.2 Å². The van der Waals surface area contributed by atoms with Gasteiger partial charge in [-0.3, -0.25) is 4.98 Å². The number of furan rings is 1. The first kappa shape index (κ1) is 18.1. The van der Waals surface area contributed by atoms with Crippen LogP contribution in [0.5, 0.6) is 0 Å². The molecule has 0 saturated carbocycles. The minimum Gasteiger partial charge on any atom is -0.459 e. The number of fused-ring (bicyclic) bond motifs is 1. The summed E-state index contributed by atoms with van der Waals surface area (Å²) in [6.07, 6.45) is 1.81. The van der Waals surface area contributed by atoms with Gasteiger partial charge in [-0.05, 0) is 42.5 Å². The molecule has 2 aliphatic heterocycles. The average Bonchev–Trinajstić information content (AvgIpc) is 3.36. The Morgan fingerprint density at radius 1 is 1.14 bits per heavy atom. The number of aliphatic imine (C=N–C) groups is 1. The quantitative estimate of drug-likeness (QED) is 0.494. The highest BCUT2D eigenvalue weighted by molar-refractivity contribution is 8.14. The maximum absolute atomic E-state index is 6.37. The molecule has 3 atom stereocenters. The highest BCUT2D eigenvalue weighted by Gasteiger charge is 2.45. The fourth-order valence-corrected chi connectivity index (χ4v) is 5.37. The summed E-state index contributed by atoms with van der Waals surface area (Å²) in [7, 11) is 0. The topological polar surface area (TPSA) is 41.6 Å². The molecule has 0 bridgehead atoms. The van der Waals surface area contributed by atoms with Gasteiger partial charge in [-0.2, -0.15) is 0 Å². The number of nitrogens with zero attached hydrogens (tertiary/aromatic N) is 3. The van der Waals surface area contributed by atoms with Gasteiger partial charge in [-0.1, -0.05) is 48.0 Å². The third-order valence-electron chi connectivity index (χ3n) is 5.00. The smallest absolute Gasteiger partial charge is 0.161 e. The number of amidine groups is 1. The van der Waals surface area contributed by atoms with E-state index in [1.165, 1.54) is 0 Å². The van der Waals surface area contributed by atoms with Crippen LogP contribution in [-0.4, -0.2) is 26.8 Å². The van der Waals surface area contributed by atoms with Crippen molar-refractivity contribution < 1.29 is 4.42 Å². The summed E-state index contributed by atoms with van der Waals surface area (Å²) in [5.41, 5.74) is 1.78. The van der Waals surface area contributed by atoms with Crippen LogP contribution in [0.4, 0.5) is 0 Å². The third-order valence-corrected chi connectivity index (χ3v) is 6.65. The number of aromatic nitrogens is 1. The molecule has 4 heterocycles. The Balaban J connectivity index is 1.54. The zero-order valence-electron chi connectivity index (χ0n) is 15.0. The van der Waals surface area contributed by atoms with Gasteiger partial charge in [0.05, 0.1) is 10.7 Å². The highest BCUT2D eigenvalue weighted by atomic mass is 35.5. The first-order valence-electron chi connectivity index (χ1n) is 9.07. The number of rotatable bonds is 3. The fourth-order valence-electron chi connectivity index (χ4n) is 3.77. The average molecular weight is 430 g/mol. The van der Waals surface area contributed by atoms with Crippen LogP contribution in [0.25, 0.3) is 11.3 Å². The normalized spacial score (nSPS) is 23.8. The van der Waals surface area contributed by atoms with Crippen molar-refractivity contribution in [2.45, 2.75) is 24.3 Å². The molecule has 1 saturated heterocycles. The highest BCUT2D eigenvalue weighted by Crippen LogP contribution is 2.48. The van der Waals surface area contributed by atoms with Crippen molar-refractivity contribution in [2.24, 2.45) is 4.99 Å². The minimum atomic E-state index is -0.0871. The summed E-state index contributed by atoms with van der Waals surface area (Å²) in [5.74, 6) is 1.59. The van der Waals surface area contributed by atoms with Gasteiger partial charge in [0.25, 0.3) is 0 Å². The number of thioether (sulfide) groups is 1. The predicted octanol–water partition coefficient (Wildman–Crippen LogP) is 6.24. The summed E-state index contributed by atoms with van der Waals surface area (Å²) >= 11 is 14.2. The van der Waals surface area contributed by atoms with Crippen molar-refractivity contribution in [3.8, 4) is 11.3 Å². The second-order valence-corrected chi connectivity index (χ2v) is 9.21. The van der Waals surface area contributed by atoms with Gasteiger partial charge in [0.1, 0.15) is 23.6 Å². The molecule has 1 aromatic carbocycles. The van der Waals surface area contributed by atoms with Gasteiger partial charge >= 0.3 is 0 Å². The molecule has 7 heteroatoms. The summed E-state index contributed by atoms with van der Waals surface area (Å²) in [6, 6.07) is 15.3. The zero-order chi connectivity index (χ0) is 19.3. The number of pyridine rings is 1. The summed E-state index contributed by atoms with van der Waals surface area (Å²) in [4.78, 5) is 11.9. The van der Waals surface area contributed by atoms with E-state index in [9.17, 15) is 0 Å². The predicted molar refractivity (Wildman–Crippen MR) is 115 cm³/mol. The Hall–Kier alpha value is -1.95. The Kier molecular flexibility index (Phi) is 4.62. The molecular weight excluding hydrogens is 413 g/mol. The Labute approximate surface area is 177 Å². The van der Waals surface area contributed by atoms with Crippen molar-refractivity contribution in [1.82, 2.24) is 9.88 Å². The molecule has 2 aliphatic rings. The molecule has 0 radical (unpaired) electrons. The van der Waals surface area contributed by atoms with Crippen molar-refractivity contribution in [2.75, 3.05) is 6.54 Å². The molecular formula is C21H17Cl2N3OS. The van der Waals surface area contributed by atoms with Gasteiger partial charge < -0.3 is 9.32 Å². The van der Waals surface area contributed by atoms with Crippen LogP contribution in [0, 0.1) is 0 Å². The molecule has 28 heavy (non-hydrogen) atoms. The minimum absolute atomic E-state index is 0.0119. The zero-order valence-corrected chi connectivity index (χ0v) is 17.4. The van der Waals surface area contributed by atoms with E-state index in [0.717, 1.165) is 34.5 Å². The first-order chi connectivity index (χ1) is 13.6. The largest absolute Gasteiger partial charge is 0.459 e. The van der Waals surface area contributed by atoms with E-state index in [2.05, 4.69) is 16.8 Å². The maximum atomic E-state index is 6.37. The van der Waals surface area contributed by atoms with E-state index in [4.69, 9.17) is 32.6 Å². The van der Waals surface area contributed by atoms with Gasteiger partial charge in [0.2, 0.25) is 0 Å². The second-order valence-electron chi connectivity index (χ2n) is 6.96. The Morgan fingerprint density at radius 2 is 2.04 bits per heavy atom. The van der Waals surface area contributed by atoms with Crippen molar-refractivity contribution >= 4 is 40.1 Å². The number of benzene rings is 1. The van der Waals surface area contributed by atoms with E-state index >= 15 is 0 Å². The molecule has 0 aliphatic carbocycles. The van der Waals surface area contributed by atoms with E-state index < -0.39 is 0 Å². The Morgan fingerprint density at radius 3 is 2.82 bits per heavy atom. The van der Waals surface area contributed by atoms with Crippen LogP contribution in [0.15, 0.2) is 64.1 Å².